The van der Waals surface area contributed by atoms with E-state index >= 15 is 0 Å². The van der Waals surface area contributed by atoms with E-state index in [1.54, 1.807) is 30.3 Å². The van der Waals surface area contributed by atoms with Crippen LogP contribution >= 0.6 is 0 Å². The van der Waals surface area contributed by atoms with Crippen LogP contribution in [0.1, 0.15) is 27.7 Å². The Hall–Kier alpha value is -3.06. The average molecular weight is 344 g/mol. The minimum Gasteiger partial charge on any atom is -0.302 e. The van der Waals surface area contributed by atoms with Gasteiger partial charge in [0.15, 0.2) is 6.17 Å². The molecule has 7 heteroatoms. The predicted molar refractivity (Wildman–Crippen MR) is 85.3 cm³/mol. The SMILES string of the molecule is C=Cc1cccc(C2N(O)C(=O)CN2C(=O)c2c(F)cccc2F)c1. The summed E-state index contributed by atoms with van der Waals surface area (Å²) in [6, 6.07) is 9.68. The van der Waals surface area contributed by atoms with Gasteiger partial charge in [-0.3, -0.25) is 14.8 Å². The summed E-state index contributed by atoms with van der Waals surface area (Å²) in [7, 11) is 0. The van der Waals surface area contributed by atoms with E-state index in [2.05, 4.69) is 6.58 Å². The van der Waals surface area contributed by atoms with E-state index in [-0.39, 0.29) is 0 Å². The lowest BCUT2D eigenvalue weighted by Crippen LogP contribution is -2.35. The Kier molecular flexibility index (Phi) is 4.33. The first-order valence-corrected chi connectivity index (χ1v) is 7.42. The number of hydrogen-bond donors (Lipinski definition) is 1. The predicted octanol–water partition coefficient (Wildman–Crippen LogP) is 2.98. The lowest BCUT2D eigenvalue weighted by atomic mass is 10.1. The van der Waals surface area contributed by atoms with Crippen molar-refractivity contribution >= 4 is 17.9 Å². The number of nitrogens with zero attached hydrogens (tertiary/aromatic N) is 2. The molecule has 0 spiro atoms. The molecular weight excluding hydrogens is 330 g/mol. The molecule has 2 aromatic rings. The summed E-state index contributed by atoms with van der Waals surface area (Å²) in [5.41, 5.74) is 0.348. The summed E-state index contributed by atoms with van der Waals surface area (Å²) < 4.78 is 27.9. The van der Waals surface area contributed by atoms with Gasteiger partial charge in [0, 0.05) is 0 Å². The van der Waals surface area contributed by atoms with Crippen molar-refractivity contribution in [2.45, 2.75) is 6.17 Å². The van der Waals surface area contributed by atoms with Crippen molar-refractivity contribution in [3.63, 3.8) is 0 Å². The molecule has 0 aromatic heterocycles. The third kappa shape index (κ3) is 2.89. The molecule has 1 aliphatic rings. The highest BCUT2D eigenvalue weighted by Gasteiger charge is 2.42. The fourth-order valence-corrected chi connectivity index (χ4v) is 2.77. The Morgan fingerprint density at radius 2 is 1.84 bits per heavy atom. The van der Waals surface area contributed by atoms with Crippen LogP contribution < -0.4 is 0 Å². The number of rotatable bonds is 3. The Balaban J connectivity index is 2.05. The highest BCUT2D eigenvalue weighted by atomic mass is 19.1. The average Bonchev–Trinajstić information content (AvgIpc) is 2.90. The maximum absolute atomic E-state index is 13.9. The number of hydroxylamine groups is 2. The van der Waals surface area contributed by atoms with E-state index in [1.165, 1.54) is 0 Å². The lowest BCUT2D eigenvalue weighted by molar-refractivity contribution is -0.168. The van der Waals surface area contributed by atoms with Gasteiger partial charge in [-0.2, -0.15) is 5.06 Å². The molecule has 2 aromatic carbocycles. The van der Waals surface area contributed by atoms with E-state index in [0.717, 1.165) is 23.1 Å². The Labute approximate surface area is 142 Å². The van der Waals surface area contributed by atoms with Crippen LogP contribution in [0.15, 0.2) is 49.0 Å². The monoisotopic (exact) mass is 344 g/mol. The van der Waals surface area contributed by atoms with Crippen molar-refractivity contribution in [2.75, 3.05) is 6.54 Å². The summed E-state index contributed by atoms with van der Waals surface area (Å²) in [5, 5.41) is 10.4. The second-order valence-corrected chi connectivity index (χ2v) is 5.52. The van der Waals surface area contributed by atoms with Gasteiger partial charge in [-0.15, -0.1) is 0 Å². The van der Waals surface area contributed by atoms with Crippen molar-refractivity contribution in [1.82, 2.24) is 9.96 Å². The first-order valence-electron chi connectivity index (χ1n) is 7.42. The Bertz CT molecular complexity index is 849. The fourth-order valence-electron chi connectivity index (χ4n) is 2.77. The molecule has 0 saturated carbocycles. The van der Waals surface area contributed by atoms with Crippen LogP contribution in [-0.4, -0.2) is 33.5 Å². The number of amides is 2. The van der Waals surface area contributed by atoms with Crippen molar-refractivity contribution < 1.29 is 23.6 Å². The summed E-state index contributed by atoms with van der Waals surface area (Å²) >= 11 is 0. The lowest BCUT2D eigenvalue weighted by Gasteiger charge is -2.27. The van der Waals surface area contributed by atoms with Gasteiger partial charge in [-0.25, -0.2) is 8.78 Å². The summed E-state index contributed by atoms with van der Waals surface area (Å²) in [4.78, 5) is 25.5. The number of carbonyl (C=O) groups excluding carboxylic acids is 2. The Morgan fingerprint density at radius 3 is 2.48 bits per heavy atom. The summed E-state index contributed by atoms with van der Waals surface area (Å²) in [6.45, 7) is 3.14. The number of hydrogen-bond acceptors (Lipinski definition) is 3. The van der Waals surface area contributed by atoms with Crippen LogP contribution in [0, 0.1) is 11.6 Å². The van der Waals surface area contributed by atoms with Gasteiger partial charge in [0.25, 0.3) is 11.8 Å². The van der Waals surface area contributed by atoms with Crippen molar-refractivity contribution in [3.8, 4) is 0 Å². The maximum atomic E-state index is 13.9. The van der Waals surface area contributed by atoms with E-state index in [4.69, 9.17) is 0 Å². The minimum absolute atomic E-state index is 0.388. The maximum Gasteiger partial charge on any atom is 0.267 e. The van der Waals surface area contributed by atoms with Gasteiger partial charge in [0.1, 0.15) is 23.7 Å². The molecule has 5 nitrogen and oxygen atoms in total. The summed E-state index contributed by atoms with van der Waals surface area (Å²) in [5.74, 6) is -3.84. The van der Waals surface area contributed by atoms with Crippen LogP contribution in [0.4, 0.5) is 8.78 Å². The number of carbonyl (C=O) groups is 2. The van der Waals surface area contributed by atoms with Crippen LogP contribution in [0.25, 0.3) is 6.08 Å². The molecular formula is C18H14F2N2O3. The minimum atomic E-state index is -1.18. The molecule has 0 bridgehead atoms. The third-order valence-corrected chi connectivity index (χ3v) is 3.97. The highest BCUT2D eigenvalue weighted by molar-refractivity contribution is 5.98. The first-order chi connectivity index (χ1) is 11.9. The van der Waals surface area contributed by atoms with Crippen molar-refractivity contribution in [3.05, 3.63) is 77.4 Å². The zero-order chi connectivity index (χ0) is 18.1. The normalized spacial score (nSPS) is 17.1. The van der Waals surface area contributed by atoms with E-state index in [1.807, 2.05) is 0 Å². The molecule has 2 amide bonds. The zero-order valence-electron chi connectivity index (χ0n) is 13.0. The van der Waals surface area contributed by atoms with Gasteiger partial charge in [0.2, 0.25) is 0 Å². The molecule has 0 aliphatic carbocycles. The van der Waals surface area contributed by atoms with Gasteiger partial charge in [-0.05, 0) is 29.3 Å². The zero-order valence-corrected chi connectivity index (χ0v) is 13.0. The third-order valence-electron chi connectivity index (χ3n) is 3.97. The van der Waals surface area contributed by atoms with Crippen LogP contribution in [0.3, 0.4) is 0 Å². The van der Waals surface area contributed by atoms with Gasteiger partial charge >= 0.3 is 0 Å². The highest BCUT2D eigenvalue weighted by Crippen LogP contribution is 2.32. The smallest absolute Gasteiger partial charge is 0.267 e. The second kappa shape index (κ2) is 6.45. The molecule has 1 saturated heterocycles. The molecule has 1 aliphatic heterocycles. The number of halogens is 2. The standard InChI is InChI=1S/C18H14F2N2O3/c1-2-11-5-3-6-12(9-11)17-21(10-15(23)22(17)25)18(24)16-13(19)7-4-8-14(16)20/h2-9,17,25H,1,10H2. The molecule has 128 valence electrons. The van der Waals surface area contributed by atoms with Crippen molar-refractivity contribution in [1.29, 1.82) is 0 Å². The fraction of sp³-hybridized carbons (Fsp3) is 0.111. The van der Waals surface area contributed by atoms with Gasteiger partial charge < -0.3 is 4.90 Å². The van der Waals surface area contributed by atoms with Crippen LogP contribution in [-0.2, 0) is 4.79 Å². The van der Waals surface area contributed by atoms with Crippen LogP contribution in [0.2, 0.25) is 0 Å². The quantitative estimate of drug-likeness (QED) is 0.871. The van der Waals surface area contributed by atoms with Gasteiger partial charge in [0.05, 0.1) is 0 Å². The number of benzene rings is 2. The second-order valence-electron chi connectivity index (χ2n) is 5.52. The molecule has 1 fully saturated rings. The molecule has 1 heterocycles. The van der Waals surface area contributed by atoms with E-state index < -0.39 is 41.7 Å². The van der Waals surface area contributed by atoms with E-state index in [9.17, 15) is 23.6 Å². The molecule has 1 atom stereocenters. The molecule has 25 heavy (non-hydrogen) atoms. The van der Waals surface area contributed by atoms with E-state index in [0.29, 0.717) is 16.2 Å². The largest absolute Gasteiger partial charge is 0.302 e. The van der Waals surface area contributed by atoms with Crippen LogP contribution in [0.5, 0.6) is 0 Å². The first kappa shape index (κ1) is 16.8. The topological polar surface area (TPSA) is 60.9 Å². The van der Waals surface area contributed by atoms with Crippen molar-refractivity contribution in [2.24, 2.45) is 0 Å². The molecule has 1 N–H and O–H groups in total. The summed E-state index contributed by atoms with van der Waals surface area (Å²) in [6.07, 6.45) is 0.379. The molecule has 1 unspecified atom stereocenters. The molecule has 0 radical (unpaired) electrons. The molecule has 3 rings (SSSR count). The van der Waals surface area contributed by atoms with Gasteiger partial charge in [-0.1, -0.05) is 36.9 Å². The Morgan fingerprint density at radius 1 is 1.20 bits per heavy atom.